The van der Waals surface area contributed by atoms with E-state index in [1.54, 1.807) is 0 Å². The summed E-state index contributed by atoms with van der Waals surface area (Å²) in [7, 11) is 0. The maximum Gasteiger partial charge on any atom is 0.0535 e. The summed E-state index contributed by atoms with van der Waals surface area (Å²) in [4.78, 5) is 0. The number of H-pyrrole nitrogens is 1. The van der Waals surface area contributed by atoms with E-state index in [0.717, 1.165) is 11.5 Å². The van der Waals surface area contributed by atoms with Crippen LogP contribution in [0.4, 0.5) is 0 Å². The fourth-order valence-corrected chi connectivity index (χ4v) is 2.36. The highest BCUT2D eigenvalue weighted by atomic mass is 15.1. The minimum atomic E-state index is 0.182. The zero-order valence-electron chi connectivity index (χ0n) is 8.74. The van der Waals surface area contributed by atoms with Crippen molar-refractivity contribution in [2.45, 2.75) is 38.6 Å². The molecule has 3 N–H and O–H groups in total. The molecule has 0 amide bonds. The van der Waals surface area contributed by atoms with E-state index in [0.29, 0.717) is 5.92 Å². The van der Waals surface area contributed by atoms with Gasteiger partial charge in [-0.1, -0.05) is 19.8 Å². The average Bonchev–Trinajstić information content (AvgIpc) is 2.71. The minimum Gasteiger partial charge on any atom is -0.324 e. The van der Waals surface area contributed by atoms with Crippen LogP contribution in [0.5, 0.6) is 0 Å². The van der Waals surface area contributed by atoms with Gasteiger partial charge in [-0.3, -0.25) is 5.10 Å². The Morgan fingerprint density at radius 3 is 2.71 bits per heavy atom. The van der Waals surface area contributed by atoms with Gasteiger partial charge in [0.25, 0.3) is 0 Å². The number of hydrogen-bond donors (Lipinski definition) is 2. The van der Waals surface area contributed by atoms with Crippen LogP contribution in [0, 0.1) is 11.8 Å². The molecule has 1 aliphatic rings. The zero-order valence-corrected chi connectivity index (χ0v) is 8.74. The monoisotopic (exact) mass is 193 g/mol. The van der Waals surface area contributed by atoms with Gasteiger partial charge < -0.3 is 5.73 Å². The molecular formula is C11H19N3. The van der Waals surface area contributed by atoms with Crippen molar-refractivity contribution < 1.29 is 0 Å². The molecule has 0 saturated heterocycles. The largest absolute Gasteiger partial charge is 0.324 e. The molecule has 1 aliphatic carbocycles. The van der Waals surface area contributed by atoms with Crippen LogP contribution in [0.15, 0.2) is 12.4 Å². The molecule has 1 aromatic rings. The van der Waals surface area contributed by atoms with Gasteiger partial charge in [0.15, 0.2) is 0 Å². The lowest BCUT2D eigenvalue weighted by molar-refractivity contribution is 0.256. The van der Waals surface area contributed by atoms with Gasteiger partial charge in [0.05, 0.1) is 6.20 Å². The van der Waals surface area contributed by atoms with Gasteiger partial charge in [0, 0.05) is 17.8 Å². The Bertz CT molecular complexity index is 260. The Hall–Kier alpha value is -0.830. The third-order valence-electron chi connectivity index (χ3n) is 3.47. The summed E-state index contributed by atoms with van der Waals surface area (Å²) in [5.41, 5.74) is 7.36. The summed E-state index contributed by atoms with van der Waals surface area (Å²) < 4.78 is 0. The summed E-state index contributed by atoms with van der Waals surface area (Å²) in [5.74, 6) is 1.55. The molecule has 1 aromatic heterocycles. The summed E-state index contributed by atoms with van der Waals surface area (Å²) in [5, 5.41) is 6.78. The number of hydrogen-bond acceptors (Lipinski definition) is 2. The van der Waals surface area contributed by atoms with Crippen LogP contribution in [0.25, 0.3) is 0 Å². The quantitative estimate of drug-likeness (QED) is 0.756. The van der Waals surface area contributed by atoms with Crippen LogP contribution in [0.3, 0.4) is 0 Å². The van der Waals surface area contributed by atoms with E-state index in [2.05, 4.69) is 17.1 Å². The van der Waals surface area contributed by atoms with E-state index in [1.165, 1.54) is 25.7 Å². The van der Waals surface area contributed by atoms with Crippen molar-refractivity contribution in [2.24, 2.45) is 17.6 Å². The van der Waals surface area contributed by atoms with Crippen molar-refractivity contribution in [1.29, 1.82) is 0 Å². The van der Waals surface area contributed by atoms with Gasteiger partial charge in [0.2, 0.25) is 0 Å². The molecule has 3 nitrogen and oxygen atoms in total. The molecule has 14 heavy (non-hydrogen) atoms. The smallest absolute Gasteiger partial charge is 0.0535 e. The first kappa shape index (κ1) is 9.71. The summed E-state index contributed by atoms with van der Waals surface area (Å²) in [6.07, 6.45) is 8.97. The first-order valence-electron chi connectivity index (χ1n) is 5.51. The third-order valence-corrected chi connectivity index (χ3v) is 3.47. The van der Waals surface area contributed by atoms with Crippen LogP contribution < -0.4 is 5.73 Å². The van der Waals surface area contributed by atoms with E-state index >= 15 is 0 Å². The van der Waals surface area contributed by atoms with Gasteiger partial charge >= 0.3 is 0 Å². The first-order chi connectivity index (χ1) is 6.77. The molecule has 3 heteroatoms. The zero-order chi connectivity index (χ0) is 9.97. The molecule has 0 aromatic carbocycles. The number of rotatable bonds is 2. The topological polar surface area (TPSA) is 54.7 Å². The highest BCUT2D eigenvalue weighted by Crippen LogP contribution is 2.34. The fourth-order valence-electron chi connectivity index (χ4n) is 2.36. The Balaban J connectivity index is 1.95. The highest BCUT2D eigenvalue weighted by Gasteiger charge is 2.24. The van der Waals surface area contributed by atoms with Crippen molar-refractivity contribution in [3.05, 3.63) is 18.0 Å². The predicted molar refractivity (Wildman–Crippen MR) is 56.6 cm³/mol. The van der Waals surface area contributed by atoms with Crippen LogP contribution in [-0.4, -0.2) is 10.2 Å². The maximum absolute atomic E-state index is 6.20. The van der Waals surface area contributed by atoms with Gasteiger partial charge in [0.1, 0.15) is 0 Å². The van der Waals surface area contributed by atoms with Crippen molar-refractivity contribution in [2.75, 3.05) is 0 Å². The second-order valence-electron chi connectivity index (χ2n) is 4.58. The van der Waals surface area contributed by atoms with Gasteiger partial charge in [-0.2, -0.15) is 5.10 Å². The molecule has 1 fully saturated rings. The lowest BCUT2D eigenvalue weighted by atomic mass is 9.78. The Morgan fingerprint density at radius 1 is 1.43 bits per heavy atom. The van der Waals surface area contributed by atoms with E-state index in [4.69, 9.17) is 5.73 Å². The third kappa shape index (κ3) is 1.98. The number of nitrogens with one attached hydrogen (secondary N) is 1. The molecular weight excluding hydrogens is 174 g/mol. The Morgan fingerprint density at radius 2 is 2.14 bits per heavy atom. The average molecular weight is 193 g/mol. The number of aromatic nitrogens is 2. The van der Waals surface area contributed by atoms with Crippen molar-refractivity contribution in [3.8, 4) is 0 Å². The van der Waals surface area contributed by atoms with Crippen molar-refractivity contribution in [1.82, 2.24) is 10.2 Å². The summed E-state index contributed by atoms with van der Waals surface area (Å²) in [6, 6.07) is 0.182. The van der Waals surface area contributed by atoms with E-state index in [9.17, 15) is 0 Å². The van der Waals surface area contributed by atoms with Gasteiger partial charge in [-0.05, 0) is 24.7 Å². The lowest BCUT2D eigenvalue weighted by Crippen LogP contribution is -2.25. The van der Waals surface area contributed by atoms with Gasteiger partial charge in [-0.15, -0.1) is 0 Å². The van der Waals surface area contributed by atoms with E-state index < -0.39 is 0 Å². The molecule has 1 unspecified atom stereocenters. The molecule has 0 aliphatic heterocycles. The second-order valence-corrected chi connectivity index (χ2v) is 4.58. The molecule has 1 atom stereocenters. The minimum absolute atomic E-state index is 0.182. The highest BCUT2D eigenvalue weighted by molar-refractivity contribution is 5.10. The molecule has 1 heterocycles. The van der Waals surface area contributed by atoms with Crippen LogP contribution in [0.1, 0.15) is 44.2 Å². The van der Waals surface area contributed by atoms with Crippen molar-refractivity contribution in [3.63, 3.8) is 0 Å². The van der Waals surface area contributed by atoms with Crippen LogP contribution >= 0.6 is 0 Å². The lowest BCUT2D eigenvalue weighted by Gasteiger charge is -2.30. The normalized spacial score (nSPS) is 30.1. The molecule has 1 saturated carbocycles. The summed E-state index contributed by atoms with van der Waals surface area (Å²) in [6.45, 7) is 2.33. The number of aromatic amines is 1. The molecule has 0 spiro atoms. The predicted octanol–water partition coefficient (Wildman–Crippen LogP) is 2.24. The maximum atomic E-state index is 6.20. The summed E-state index contributed by atoms with van der Waals surface area (Å²) >= 11 is 0. The fraction of sp³-hybridized carbons (Fsp3) is 0.727. The number of nitrogens with two attached hydrogens (primary N) is 1. The molecule has 78 valence electrons. The van der Waals surface area contributed by atoms with Crippen LogP contribution in [-0.2, 0) is 0 Å². The van der Waals surface area contributed by atoms with Gasteiger partial charge in [-0.25, -0.2) is 0 Å². The SMILES string of the molecule is CC1CCC(C(N)c2cn[nH]c2)CC1. The molecule has 0 bridgehead atoms. The Labute approximate surface area is 85.1 Å². The first-order valence-corrected chi connectivity index (χ1v) is 5.51. The van der Waals surface area contributed by atoms with Crippen LogP contribution in [0.2, 0.25) is 0 Å². The molecule has 0 radical (unpaired) electrons. The standard InChI is InChI=1S/C11H19N3/c1-8-2-4-9(5-3-8)11(12)10-6-13-14-7-10/h6-9,11H,2-5,12H2,1H3,(H,13,14). The molecule has 2 rings (SSSR count). The second kappa shape index (κ2) is 4.13. The number of nitrogens with zero attached hydrogens (tertiary/aromatic N) is 1. The Kier molecular flexibility index (Phi) is 2.87. The van der Waals surface area contributed by atoms with E-state index in [1.807, 2.05) is 12.4 Å². The van der Waals surface area contributed by atoms with E-state index in [-0.39, 0.29) is 6.04 Å². The van der Waals surface area contributed by atoms with Crippen molar-refractivity contribution >= 4 is 0 Å².